The molecule has 0 fully saturated rings. The Morgan fingerprint density at radius 1 is 1.47 bits per heavy atom. The molecule has 1 aromatic heterocycles. The summed E-state index contributed by atoms with van der Waals surface area (Å²) in [4.78, 5) is 11.1. The number of carboxylic acids is 1. The molecule has 1 aromatic carbocycles. The molecule has 0 saturated heterocycles. The van der Waals surface area contributed by atoms with Gasteiger partial charge < -0.3 is 20.1 Å². The molecule has 0 spiro atoms. The van der Waals surface area contributed by atoms with Crippen molar-refractivity contribution in [2.45, 2.75) is 13.5 Å². The number of nitrogens with zero attached hydrogens (tertiary/aromatic N) is 1. The Morgan fingerprint density at radius 3 is 2.71 bits per heavy atom. The summed E-state index contributed by atoms with van der Waals surface area (Å²) in [6.07, 6.45) is 0. The van der Waals surface area contributed by atoms with Crippen LogP contribution in [0.15, 0.2) is 18.2 Å². The second-order valence-electron chi connectivity index (χ2n) is 3.73. The number of aromatic nitrogens is 1. The molecule has 5 heteroatoms. The van der Waals surface area contributed by atoms with E-state index >= 15 is 0 Å². The predicted octanol–water partition coefficient (Wildman–Crippen LogP) is 1.95. The van der Waals surface area contributed by atoms with Crippen LogP contribution >= 0.6 is 0 Å². The standard InChI is InChI=1S/C12H14N2O3/c1-3-14-9-6-8(13)11(17-2)5-7(9)4-10(14)12(15)16/h4-6H,3,13H2,1-2H3,(H,15,16). The maximum Gasteiger partial charge on any atom is 0.352 e. The van der Waals surface area contributed by atoms with Crippen molar-refractivity contribution in [1.82, 2.24) is 4.57 Å². The van der Waals surface area contributed by atoms with E-state index in [1.807, 2.05) is 6.92 Å². The van der Waals surface area contributed by atoms with Gasteiger partial charge in [0.05, 0.1) is 18.3 Å². The molecule has 0 saturated carbocycles. The molecule has 5 nitrogen and oxygen atoms in total. The molecule has 0 amide bonds. The number of fused-ring (bicyclic) bond motifs is 1. The molecule has 0 aliphatic carbocycles. The maximum atomic E-state index is 11.1. The number of methoxy groups -OCH3 is 1. The fourth-order valence-corrected chi connectivity index (χ4v) is 2.00. The molecule has 0 aliphatic heterocycles. The van der Waals surface area contributed by atoms with E-state index in [-0.39, 0.29) is 5.69 Å². The molecule has 2 aromatic rings. The zero-order valence-corrected chi connectivity index (χ0v) is 9.73. The van der Waals surface area contributed by atoms with E-state index in [0.29, 0.717) is 18.0 Å². The van der Waals surface area contributed by atoms with Crippen LogP contribution in [0, 0.1) is 0 Å². The second-order valence-corrected chi connectivity index (χ2v) is 3.73. The van der Waals surface area contributed by atoms with Gasteiger partial charge in [0.25, 0.3) is 0 Å². The summed E-state index contributed by atoms with van der Waals surface area (Å²) in [5.41, 5.74) is 7.39. The fourth-order valence-electron chi connectivity index (χ4n) is 2.00. The van der Waals surface area contributed by atoms with Gasteiger partial charge in [0, 0.05) is 11.9 Å². The first-order chi connectivity index (χ1) is 8.08. The van der Waals surface area contributed by atoms with Crippen LogP contribution in [-0.4, -0.2) is 22.8 Å². The van der Waals surface area contributed by atoms with E-state index in [9.17, 15) is 4.79 Å². The topological polar surface area (TPSA) is 77.5 Å². The lowest BCUT2D eigenvalue weighted by Gasteiger charge is -2.07. The summed E-state index contributed by atoms with van der Waals surface area (Å²) in [5.74, 6) is -0.386. The number of carboxylic acid groups (broad SMARTS) is 1. The number of nitrogen functional groups attached to an aromatic ring is 1. The first-order valence-electron chi connectivity index (χ1n) is 5.28. The van der Waals surface area contributed by atoms with Crippen molar-refractivity contribution < 1.29 is 14.6 Å². The van der Waals surface area contributed by atoms with E-state index in [4.69, 9.17) is 15.6 Å². The summed E-state index contributed by atoms with van der Waals surface area (Å²) in [6, 6.07) is 5.12. The van der Waals surface area contributed by atoms with Crippen molar-refractivity contribution in [3.8, 4) is 5.75 Å². The van der Waals surface area contributed by atoms with E-state index in [2.05, 4.69) is 0 Å². The van der Waals surface area contributed by atoms with Crippen LogP contribution in [0.3, 0.4) is 0 Å². The highest BCUT2D eigenvalue weighted by Gasteiger charge is 2.15. The van der Waals surface area contributed by atoms with Gasteiger partial charge in [-0.25, -0.2) is 4.79 Å². The van der Waals surface area contributed by atoms with Crippen LogP contribution in [0.1, 0.15) is 17.4 Å². The highest BCUT2D eigenvalue weighted by atomic mass is 16.5. The monoisotopic (exact) mass is 234 g/mol. The Labute approximate surface area is 98.4 Å². The SMILES string of the molecule is CCn1c(C(=O)O)cc2cc(OC)c(N)cc21. The lowest BCUT2D eigenvalue weighted by atomic mass is 10.2. The van der Waals surface area contributed by atoms with Crippen molar-refractivity contribution >= 4 is 22.6 Å². The number of aryl methyl sites for hydroxylation is 1. The Hall–Kier alpha value is -2.17. The highest BCUT2D eigenvalue weighted by molar-refractivity contribution is 5.96. The Balaban J connectivity index is 2.78. The van der Waals surface area contributed by atoms with E-state index in [1.165, 1.54) is 7.11 Å². The van der Waals surface area contributed by atoms with Gasteiger partial charge in [-0.1, -0.05) is 0 Å². The van der Waals surface area contributed by atoms with Crippen LogP contribution in [-0.2, 0) is 6.54 Å². The average Bonchev–Trinajstić information content (AvgIpc) is 2.65. The minimum atomic E-state index is -0.944. The number of nitrogens with two attached hydrogens (primary N) is 1. The van der Waals surface area contributed by atoms with Crippen molar-refractivity contribution in [2.75, 3.05) is 12.8 Å². The Bertz CT molecular complexity index is 587. The van der Waals surface area contributed by atoms with Gasteiger partial charge in [0.1, 0.15) is 11.4 Å². The number of hydrogen-bond donors (Lipinski definition) is 2. The third-order valence-corrected chi connectivity index (χ3v) is 2.79. The summed E-state index contributed by atoms with van der Waals surface area (Å²) < 4.78 is 6.83. The second kappa shape index (κ2) is 4.01. The van der Waals surface area contributed by atoms with Gasteiger partial charge in [0.2, 0.25) is 0 Å². The largest absolute Gasteiger partial charge is 0.495 e. The molecule has 0 atom stereocenters. The van der Waals surface area contributed by atoms with Gasteiger partial charge >= 0.3 is 5.97 Å². The van der Waals surface area contributed by atoms with Crippen molar-refractivity contribution in [2.24, 2.45) is 0 Å². The molecule has 2 rings (SSSR count). The van der Waals surface area contributed by atoms with E-state index in [1.54, 1.807) is 22.8 Å². The van der Waals surface area contributed by atoms with Gasteiger partial charge in [-0.05, 0) is 25.1 Å². The Kier molecular flexibility index (Phi) is 2.67. The molecule has 90 valence electrons. The summed E-state index contributed by atoms with van der Waals surface area (Å²) in [6.45, 7) is 2.48. The maximum absolute atomic E-state index is 11.1. The fraction of sp³-hybridized carbons (Fsp3) is 0.250. The molecule has 0 aliphatic rings. The van der Waals surface area contributed by atoms with Crippen LogP contribution in [0.4, 0.5) is 5.69 Å². The van der Waals surface area contributed by atoms with E-state index < -0.39 is 5.97 Å². The predicted molar refractivity (Wildman–Crippen MR) is 65.5 cm³/mol. The first-order valence-corrected chi connectivity index (χ1v) is 5.28. The number of hydrogen-bond acceptors (Lipinski definition) is 3. The Morgan fingerprint density at radius 2 is 2.18 bits per heavy atom. The van der Waals surface area contributed by atoms with Gasteiger partial charge in [0.15, 0.2) is 0 Å². The minimum Gasteiger partial charge on any atom is -0.495 e. The third-order valence-electron chi connectivity index (χ3n) is 2.79. The van der Waals surface area contributed by atoms with E-state index in [0.717, 1.165) is 10.9 Å². The van der Waals surface area contributed by atoms with Gasteiger partial charge in [-0.3, -0.25) is 0 Å². The number of benzene rings is 1. The normalized spacial score (nSPS) is 10.7. The number of aromatic carboxylic acids is 1. The number of rotatable bonds is 3. The highest BCUT2D eigenvalue weighted by Crippen LogP contribution is 2.30. The van der Waals surface area contributed by atoms with Gasteiger partial charge in [-0.15, -0.1) is 0 Å². The van der Waals surface area contributed by atoms with Crippen LogP contribution < -0.4 is 10.5 Å². The zero-order valence-electron chi connectivity index (χ0n) is 9.73. The zero-order chi connectivity index (χ0) is 12.6. The molecule has 1 heterocycles. The molecule has 3 N–H and O–H groups in total. The van der Waals surface area contributed by atoms with Crippen molar-refractivity contribution in [3.05, 3.63) is 23.9 Å². The molecule has 17 heavy (non-hydrogen) atoms. The quantitative estimate of drug-likeness (QED) is 0.796. The third kappa shape index (κ3) is 1.69. The molecule has 0 bridgehead atoms. The summed E-state index contributed by atoms with van der Waals surface area (Å²) in [7, 11) is 1.53. The summed E-state index contributed by atoms with van der Waals surface area (Å²) in [5, 5.41) is 9.93. The lowest BCUT2D eigenvalue weighted by Crippen LogP contribution is -2.06. The van der Waals surface area contributed by atoms with Crippen LogP contribution in [0.2, 0.25) is 0 Å². The number of carbonyl (C=O) groups is 1. The summed E-state index contributed by atoms with van der Waals surface area (Å²) >= 11 is 0. The minimum absolute atomic E-state index is 0.259. The molecular formula is C12H14N2O3. The first kappa shape index (κ1) is 11.3. The molecule has 0 radical (unpaired) electrons. The van der Waals surface area contributed by atoms with Crippen molar-refractivity contribution in [3.63, 3.8) is 0 Å². The number of anilines is 1. The van der Waals surface area contributed by atoms with Gasteiger partial charge in [-0.2, -0.15) is 0 Å². The lowest BCUT2D eigenvalue weighted by molar-refractivity contribution is 0.0686. The average molecular weight is 234 g/mol. The molecular weight excluding hydrogens is 220 g/mol. The molecule has 0 unspecified atom stereocenters. The van der Waals surface area contributed by atoms with Crippen LogP contribution in [0.25, 0.3) is 10.9 Å². The number of ether oxygens (including phenoxy) is 1. The van der Waals surface area contributed by atoms with Crippen molar-refractivity contribution in [1.29, 1.82) is 0 Å². The smallest absolute Gasteiger partial charge is 0.352 e. The van der Waals surface area contributed by atoms with Crippen LogP contribution in [0.5, 0.6) is 5.75 Å².